The number of piperazine rings is 1. The Kier molecular flexibility index (Phi) is 6.79. The highest BCUT2D eigenvalue weighted by molar-refractivity contribution is 5.85. The Morgan fingerprint density at radius 1 is 1.00 bits per heavy atom. The molecule has 0 aromatic rings. The van der Waals surface area contributed by atoms with Gasteiger partial charge in [0.2, 0.25) is 5.91 Å². The van der Waals surface area contributed by atoms with E-state index in [9.17, 15) is 18.0 Å². The van der Waals surface area contributed by atoms with Crippen molar-refractivity contribution in [2.45, 2.75) is 44.3 Å². The summed E-state index contributed by atoms with van der Waals surface area (Å²) in [6.07, 6.45) is -1.33. The minimum absolute atomic E-state index is 0. The van der Waals surface area contributed by atoms with Crippen LogP contribution in [0.3, 0.4) is 0 Å². The molecule has 3 fully saturated rings. The van der Waals surface area contributed by atoms with Crippen LogP contribution in [0, 0.1) is 11.8 Å². The first kappa shape index (κ1) is 19.8. The molecule has 2 heterocycles. The number of carbonyl (C=O) groups is 1. The molecule has 3 rings (SSSR count). The number of nitrogens with one attached hydrogen (secondary N) is 1. The molecule has 0 bridgehead atoms. The van der Waals surface area contributed by atoms with Gasteiger partial charge in [-0.15, -0.1) is 12.4 Å². The number of alkyl halides is 3. The van der Waals surface area contributed by atoms with Gasteiger partial charge in [-0.05, 0) is 25.8 Å². The molecule has 2 saturated heterocycles. The van der Waals surface area contributed by atoms with Crippen LogP contribution < -0.4 is 5.32 Å². The lowest BCUT2D eigenvalue weighted by atomic mass is 9.78. The van der Waals surface area contributed by atoms with E-state index in [-0.39, 0.29) is 24.7 Å². The van der Waals surface area contributed by atoms with Crippen LogP contribution in [0.1, 0.15) is 32.1 Å². The highest BCUT2D eigenvalue weighted by Crippen LogP contribution is 2.42. The second-order valence-corrected chi connectivity index (χ2v) is 7.05. The van der Waals surface area contributed by atoms with Gasteiger partial charge in [-0.2, -0.15) is 13.2 Å². The van der Waals surface area contributed by atoms with Gasteiger partial charge in [0.1, 0.15) is 0 Å². The molecule has 1 amide bonds. The fourth-order valence-electron chi connectivity index (χ4n) is 4.31. The second-order valence-electron chi connectivity index (χ2n) is 7.05. The van der Waals surface area contributed by atoms with Gasteiger partial charge in [0, 0.05) is 44.7 Å². The zero-order chi connectivity index (χ0) is 16.4. The van der Waals surface area contributed by atoms with E-state index >= 15 is 0 Å². The number of rotatable bonds is 2. The van der Waals surface area contributed by atoms with Crippen molar-refractivity contribution >= 4 is 18.3 Å². The van der Waals surface area contributed by atoms with Crippen molar-refractivity contribution in [2.75, 3.05) is 39.3 Å². The summed E-state index contributed by atoms with van der Waals surface area (Å²) in [7, 11) is 0. The van der Waals surface area contributed by atoms with Gasteiger partial charge in [0.15, 0.2) is 0 Å². The van der Waals surface area contributed by atoms with Gasteiger partial charge in [0.25, 0.3) is 0 Å². The summed E-state index contributed by atoms with van der Waals surface area (Å²) in [5.41, 5.74) is 0. The highest BCUT2D eigenvalue weighted by atomic mass is 35.5. The lowest BCUT2D eigenvalue weighted by Gasteiger charge is -2.41. The summed E-state index contributed by atoms with van der Waals surface area (Å²) < 4.78 is 39.6. The Balaban J connectivity index is 0.00000208. The Morgan fingerprint density at radius 2 is 1.67 bits per heavy atom. The van der Waals surface area contributed by atoms with E-state index < -0.39 is 18.0 Å². The summed E-state index contributed by atoms with van der Waals surface area (Å²) in [4.78, 5) is 16.7. The Labute approximate surface area is 147 Å². The third kappa shape index (κ3) is 4.35. The molecule has 8 heteroatoms. The Bertz CT molecular complexity index is 421. The molecule has 1 N–H and O–H groups in total. The molecule has 140 valence electrons. The van der Waals surface area contributed by atoms with Crippen LogP contribution in [-0.4, -0.2) is 67.2 Å². The molecule has 0 aromatic carbocycles. The Morgan fingerprint density at radius 3 is 2.25 bits per heavy atom. The third-order valence-electron chi connectivity index (χ3n) is 5.68. The monoisotopic (exact) mass is 369 g/mol. The maximum atomic E-state index is 13.2. The fourth-order valence-corrected chi connectivity index (χ4v) is 4.31. The molecule has 3 atom stereocenters. The van der Waals surface area contributed by atoms with E-state index in [0.717, 1.165) is 39.0 Å². The summed E-state index contributed by atoms with van der Waals surface area (Å²) >= 11 is 0. The van der Waals surface area contributed by atoms with Crippen LogP contribution in [0.25, 0.3) is 0 Å². The van der Waals surface area contributed by atoms with Gasteiger partial charge in [-0.3, -0.25) is 9.69 Å². The number of hydrogen-bond acceptors (Lipinski definition) is 3. The molecule has 1 saturated carbocycles. The van der Waals surface area contributed by atoms with Crippen molar-refractivity contribution in [1.82, 2.24) is 15.1 Å². The maximum Gasteiger partial charge on any atom is 0.392 e. The van der Waals surface area contributed by atoms with Crippen molar-refractivity contribution in [3.63, 3.8) is 0 Å². The topological polar surface area (TPSA) is 35.6 Å². The number of nitrogens with zero attached hydrogens (tertiary/aromatic N) is 2. The summed E-state index contributed by atoms with van der Waals surface area (Å²) in [6, 6.07) is 0.518. The van der Waals surface area contributed by atoms with Crippen molar-refractivity contribution in [2.24, 2.45) is 11.8 Å². The van der Waals surface area contributed by atoms with Crippen LogP contribution in [-0.2, 0) is 4.79 Å². The molecule has 3 aliphatic rings. The molecule has 1 aliphatic carbocycles. The zero-order valence-electron chi connectivity index (χ0n) is 13.9. The van der Waals surface area contributed by atoms with Gasteiger partial charge in [0.05, 0.1) is 5.92 Å². The average molecular weight is 370 g/mol. The minimum Gasteiger partial charge on any atom is -0.340 e. The molecule has 0 aromatic heterocycles. The van der Waals surface area contributed by atoms with Crippen molar-refractivity contribution in [3.8, 4) is 0 Å². The fraction of sp³-hybridized carbons (Fsp3) is 0.938. The standard InChI is InChI=1S/C16H26F3N3O.ClH/c17-16(18,19)14-4-2-1-3-13(14)15(23)22-9-7-21(8-10-22)12-5-6-20-11-12;/h12-14,20H,1-11H2;1H. The predicted octanol–water partition coefficient (Wildman–Crippen LogP) is 2.28. The molecule has 4 nitrogen and oxygen atoms in total. The maximum absolute atomic E-state index is 13.2. The Hall–Kier alpha value is -0.530. The molecule has 0 radical (unpaired) electrons. The zero-order valence-corrected chi connectivity index (χ0v) is 14.7. The summed E-state index contributed by atoms with van der Waals surface area (Å²) in [5, 5.41) is 3.33. The number of carbonyl (C=O) groups excluding carboxylic acids is 1. The predicted molar refractivity (Wildman–Crippen MR) is 88.2 cm³/mol. The number of hydrogen-bond donors (Lipinski definition) is 1. The molecule has 2 aliphatic heterocycles. The first-order valence-corrected chi connectivity index (χ1v) is 8.77. The van der Waals surface area contributed by atoms with Gasteiger partial charge >= 0.3 is 6.18 Å². The van der Waals surface area contributed by atoms with E-state index in [2.05, 4.69) is 10.2 Å². The van der Waals surface area contributed by atoms with E-state index in [1.165, 1.54) is 0 Å². The lowest BCUT2D eigenvalue weighted by molar-refractivity contribution is -0.201. The van der Waals surface area contributed by atoms with Crippen molar-refractivity contribution in [3.05, 3.63) is 0 Å². The minimum atomic E-state index is -4.25. The van der Waals surface area contributed by atoms with Crippen LogP contribution in [0.5, 0.6) is 0 Å². The molecule has 0 spiro atoms. The number of halogens is 4. The highest BCUT2D eigenvalue weighted by Gasteiger charge is 2.49. The van der Waals surface area contributed by atoms with Gasteiger partial charge in [-0.25, -0.2) is 0 Å². The van der Waals surface area contributed by atoms with E-state index in [1.54, 1.807) is 4.90 Å². The smallest absolute Gasteiger partial charge is 0.340 e. The first-order chi connectivity index (χ1) is 11.0. The van der Waals surface area contributed by atoms with E-state index in [0.29, 0.717) is 32.0 Å². The molecule has 24 heavy (non-hydrogen) atoms. The SMILES string of the molecule is Cl.O=C(C1CCCCC1C(F)(F)F)N1CCN(C2CCNC2)CC1. The lowest BCUT2D eigenvalue weighted by Crippen LogP contribution is -2.55. The second kappa shape index (κ2) is 8.23. The molecular weight excluding hydrogens is 343 g/mol. The van der Waals surface area contributed by atoms with Crippen LogP contribution in [0.15, 0.2) is 0 Å². The van der Waals surface area contributed by atoms with Gasteiger partial charge < -0.3 is 10.2 Å². The third-order valence-corrected chi connectivity index (χ3v) is 5.68. The summed E-state index contributed by atoms with van der Waals surface area (Å²) in [5.74, 6) is -2.57. The average Bonchev–Trinajstić information content (AvgIpc) is 3.08. The van der Waals surface area contributed by atoms with Crippen LogP contribution in [0.2, 0.25) is 0 Å². The van der Waals surface area contributed by atoms with E-state index in [1.807, 2.05) is 0 Å². The summed E-state index contributed by atoms with van der Waals surface area (Å²) in [6.45, 7) is 4.70. The first-order valence-electron chi connectivity index (χ1n) is 8.77. The molecule has 3 unspecified atom stereocenters. The van der Waals surface area contributed by atoms with E-state index in [4.69, 9.17) is 0 Å². The normalized spacial score (nSPS) is 32.5. The molecular formula is C16H27ClF3N3O. The number of amides is 1. The quantitative estimate of drug-likeness (QED) is 0.811. The van der Waals surface area contributed by atoms with Crippen LogP contribution in [0.4, 0.5) is 13.2 Å². The van der Waals surface area contributed by atoms with Crippen LogP contribution >= 0.6 is 12.4 Å². The van der Waals surface area contributed by atoms with Gasteiger partial charge in [-0.1, -0.05) is 12.8 Å². The van der Waals surface area contributed by atoms with Crippen molar-refractivity contribution in [1.29, 1.82) is 0 Å². The van der Waals surface area contributed by atoms with Crippen molar-refractivity contribution < 1.29 is 18.0 Å². The largest absolute Gasteiger partial charge is 0.392 e.